The molecule has 1 aliphatic rings. The van der Waals surface area contributed by atoms with Gasteiger partial charge in [0.2, 0.25) is 5.91 Å². The van der Waals surface area contributed by atoms with Crippen molar-refractivity contribution in [3.8, 4) is 11.3 Å². The predicted octanol–water partition coefficient (Wildman–Crippen LogP) is 5.15. The Bertz CT molecular complexity index is 1430. The summed E-state index contributed by atoms with van der Waals surface area (Å²) < 4.78 is 0. The van der Waals surface area contributed by atoms with Gasteiger partial charge in [0.15, 0.2) is 0 Å². The van der Waals surface area contributed by atoms with E-state index in [0.29, 0.717) is 31.2 Å². The van der Waals surface area contributed by atoms with E-state index in [-0.39, 0.29) is 11.9 Å². The first-order chi connectivity index (χ1) is 16.9. The second-order valence-corrected chi connectivity index (χ2v) is 9.35. The van der Waals surface area contributed by atoms with Gasteiger partial charge in [0.1, 0.15) is 18.0 Å². The molecule has 7 nitrogen and oxygen atoms in total. The lowest BCUT2D eigenvalue weighted by molar-refractivity contribution is -0.126. The normalized spacial score (nSPS) is 14.1. The lowest BCUT2D eigenvalue weighted by atomic mass is 10.0. The number of hydrogen-bond acceptors (Lipinski definition) is 6. The van der Waals surface area contributed by atoms with Gasteiger partial charge in [-0.1, -0.05) is 42.4 Å². The summed E-state index contributed by atoms with van der Waals surface area (Å²) in [6, 6.07) is 14.4. The van der Waals surface area contributed by atoms with Gasteiger partial charge < -0.3 is 15.1 Å². The number of pyridine rings is 1. The molecule has 35 heavy (non-hydrogen) atoms. The van der Waals surface area contributed by atoms with E-state index in [1.807, 2.05) is 24.3 Å². The summed E-state index contributed by atoms with van der Waals surface area (Å²) in [5, 5.41) is 7.00. The van der Waals surface area contributed by atoms with Crippen LogP contribution in [0.15, 0.2) is 61.4 Å². The topological polar surface area (TPSA) is 74.2 Å². The minimum Gasteiger partial charge on any atom is -0.368 e. The van der Waals surface area contributed by atoms with Gasteiger partial charge in [-0.2, -0.15) is 0 Å². The van der Waals surface area contributed by atoms with Crippen LogP contribution in [0.5, 0.6) is 0 Å². The first-order valence-corrected chi connectivity index (χ1v) is 12.1. The Labute approximate surface area is 209 Å². The number of hydrogen-bond donors (Lipinski definition) is 1. The minimum atomic E-state index is -0.0428. The minimum absolute atomic E-state index is 0.0428. The summed E-state index contributed by atoms with van der Waals surface area (Å²) in [5.74, 6) is 1.58. The molecule has 0 radical (unpaired) electrons. The van der Waals surface area contributed by atoms with Crippen LogP contribution in [0.1, 0.15) is 13.8 Å². The van der Waals surface area contributed by atoms with Crippen molar-refractivity contribution in [2.75, 3.05) is 36.4 Å². The fraction of sp³-hybridized carbons (Fsp3) is 0.259. The fourth-order valence-electron chi connectivity index (χ4n) is 4.54. The predicted molar refractivity (Wildman–Crippen MR) is 143 cm³/mol. The number of carbonyl (C=O) groups is 1. The zero-order valence-corrected chi connectivity index (χ0v) is 20.6. The lowest BCUT2D eigenvalue weighted by Gasteiger charge is -2.35. The van der Waals surface area contributed by atoms with Crippen LogP contribution in [-0.4, -0.2) is 58.0 Å². The van der Waals surface area contributed by atoms with Gasteiger partial charge >= 0.3 is 0 Å². The van der Waals surface area contributed by atoms with Crippen molar-refractivity contribution in [2.24, 2.45) is 0 Å². The van der Waals surface area contributed by atoms with Crippen molar-refractivity contribution in [3.05, 3.63) is 66.5 Å². The van der Waals surface area contributed by atoms with E-state index in [1.165, 1.54) is 6.08 Å². The molecule has 0 aliphatic carbocycles. The second kappa shape index (κ2) is 9.50. The van der Waals surface area contributed by atoms with Crippen LogP contribution in [-0.2, 0) is 4.79 Å². The molecule has 2 aromatic carbocycles. The van der Waals surface area contributed by atoms with E-state index in [9.17, 15) is 4.79 Å². The standard InChI is InChI=1S/C27H27ClN6O/c1-4-25(35)33-9-11-34(12-10-33)27-21-14-22(28)20(15-23(21)29-16-30-27)26-19-8-6-5-7-18(19)13-24(32-26)31-17(2)3/h4-8,13-17H,1,9-12H2,2-3H3,(H,31,32). The van der Waals surface area contributed by atoms with Crippen molar-refractivity contribution in [1.29, 1.82) is 0 Å². The Hall–Kier alpha value is -3.71. The van der Waals surface area contributed by atoms with Crippen LogP contribution in [0, 0.1) is 0 Å². The molecule has 4 aromatic rings. The second-order valence-electron chi connectivity index (χ2n) is 8.94. The molecule has 1 fully saturated rings. The van der Waals surface area contributed by atoms with Gasteiger partial charge in [0.05, 0.1) is 16.2 Å². The maximum atomic E-state index is 12.0. The highest BCUT2D eigenvalue weighted by atomic mass is 35.5. The van der Waals surface area contributed by atoms with Gasteiger partial charge in [-0.3, -0.25) is 4.79 Å². The van der Waals surface area contributed by atoms with E-state index in [2.05, 4.69) is 58.8 Å². The summed E-state index contributed by atoms with van der Waals surface area (Å²) in [5.41, 5.74) is 2.44. The maximum Gasteiger partial charge on any atom is 0.246 e. The number of carbonyl (C=O) groups excluding carboxylic acids is 1. The van der Waals surface area contributed by atoms with Crippen LogP contribution >= 0.6 is 11.6 Å². The van der Waals surface area contributed by atoms with E-state index >= 15 is 0 Å². The number of halogens is 1. The number of amides is 1. The molecule has 1 aliphatic heterocycles. The summed E-state index contributed by atoms with van der Waals surface area (Å²) in [6.07, 6.45) is 2.94. The molecule has 1 amide bonds. The SMILES string of the molecule is C=CC(=O)N1CCN(c2ncnc3cc(-c4nc(NC(C)C)cc5ccccc45)c(Cl)cc23)CC1. The highest BCUT2D eigenvalue weighted by Crippen LogP contribution is 2.37. The quantitative estimate of drug-likeness (QED) is 0.393. The molecule has 0 spiro atoms. The molecule has 2 aromatic heterocycles. The molecule has 1 N–H and O–H groups in total. The van der Waals surface area contributed by atoms with E-state index in [1.54, 1.807) is 11.2 Å². The first kappa shape index (κ1) is 23.1. The number of fused-ring (bicyclic) bond motifs is 2. The number of nitrogens with zero attached hydrogens (tertiary/aromatic N) is 5. The summed E-state index contributed by atoms with van der Waals surface area (Å²) in [7, 11) is 0. The van der Waals surface area contributed by atoms with Gasteiger partial charge in [0, 0.05) is 48.6 Å². The van der Waals surface area contributed by atoms with E-state index in [4.69, 9.17) is 16.6 Å². The molecule has 0 atom stereocenters. The number of nitrogens with one attached hydrogen (secondary N) is 1. The summed E-state index contributed by atoms with van der Waals surface area (Å²) in [4.78, 5) is 30.0. The number of rotatable bonds is 5. The Morgan fingerprint density at radius 2 is 1.86 bits per heavy atom. The van der Waals surface area contributed by atoms with Gasteiger partial charge in [-0.15, -0.1) is 0 Å². The summed E-state index contributed by atoms with van der Waals surface area (Å²) >= 11 is 6.89. The van der Waals surface area contributed by atoms with Gasteiger partial charge in [0.25, 0.3) is 0 Å². The van der Waals surface area contributed by atoms with Crippen molar-refractivity contribution in [3.63, 3.8) is 0 Å². The molecule has 178 valence electrons. The third kappa shape index (κ3) is 4.51. The average Bonchev–Trinajstić information content (AvgIpc) is 2.87. The van der Waals surface area contributed by atoms with Gasteiger partial charge in [-0.25, -0.2) is 15.0 Å². The van der Waals surface area contributed by atoms with E-state index < -0.39 is 0 Å². The van der Waals surface area contributed by atoms with Gasteiger partial charge in [-0.05, 0) is 43.5 Å². The zero-order chi connectivity index (χ0) is 24.5. The Balaban J connectivity index is 1.57. The first-order valence-electron chi connectivity index (χ1n) is 11.7. The Morgan fingerprint density at radius 1 is 1.09 bits per heavy atom. The van der Waals surface area contributed by atoms with Crippen molar-refractivity contribution >= 4 is 50.8 Å². The highest BCUT2D eigenvalue weighted by Gasteiger charge is 2.23. The van der Waals surface area contributed by atoms with Crippen molar-refractivity contribution in [2.45, 2.75) is 19.9 Å². The average molecular weight is 487 g/mol. The molecule has 0 bridgehead atoms. The van der Waals surface area contributed by atoms with Crippen LogP contribution < -0.4 is 10.2 Å². The largest absolute Gasteiger partial charge is 0.368 e. The molecule has 0 saturated carbocycles. The van der Waals surface area contributed by atoms with Crippen molar-refractivity contribution in [1.82, 2.24) is 19.9 Å². The number of benzene rings is 2. The molecular weight excluding hydrogens is 460 g/mol. The Morgan fingerprint density at radius 3 is 2.60 bits per heavy atom. The number of piperazine rings is 1. The Kier molecular flexibility index (Phi) is 6.26. The van der Waals surface area contributed by atoms with Crippen LogP contribution in [0.25, 0.3) is 32.9 Å². The van der Waals surface area contributed by atoms with E-state index in [0.717, 1.165) is 44.6 Å². The molecular formula is C27H27ClN6O. The fourth-order valence-corrected chi connectivity index (χ4v) is 4.79. The number of aromatic nitrogens is 3. The van der Waals surface area contributed by atoms with Crippen LogP contribution in [0.2, 0.25) is 5.02 Å². The monoisotopic (exact) mass is 486 g/mol. The lowest BCUT2D eigenvalue weighted by Crippen LogP contribution is -2.48. The summed E-state index contributed by atoms with van der Waals surface area (Å²) in [6.45, 7) is 10.4. The smallest absolute Gasteiger partial charge is 0.246 e. The number of anilines is 2. The molecule has 8 heteroatoms. The maximum absolute atomic E-state index is 12.0. The molecule has 3 heterocycles. The highest BCUT2D eigenvalue weighted by molar-refractivity contribution is 6.34. The van der Waals surface area contributed by atoms with Crippen LogP contribution in [0.3, 0.4) is 0 Å². The zero-order valence-electron chi connectivity index (χ0n) is 19.8. The van der Waals surface area contributed by atoms with Crippen LogP contribution in [0.4, 0.5) is 11.6 Å². The third-order valence-corrected chi connectivity index (χ3v) is 6.51. The third-order valence-electron chi connectivity index (χ3n) is 6.20. The molecule has 1 saturated heterocycles. The molecule has 5 rings (SSSR count). The molecule has 0 unspecified atom stereocenters. The van der Waals surface area contributed by atoms with Crippen molar-refractivity contribution < 1.29 is 4.79 Å².